The lowest BCUT2D eigenvalue weighted by molar-refractivity contribution is -0.130. The lowest BCUT2D eigenvalue weighted by atomic mass is 9.85. The number of nitrogens with one attached hydrogen (secondary N) is 1. The molecule has 0 atom stereocenters. The molecule has 5 nitrogen and oxygen atoms in total. The molecule has 5 heteroatoms. The highest BCUT2D eigenvalue weighted by molar-refractivity contribution is 6.39. The maximum atomic E-state index is 12.7. The molecular formula is C16H19N3O2. The van der Waals surface area contributed by atoms with Crippen molar-refractivity contribution in [3.63, 3.8) is 0 Å². The number of hydrogen-bond donors (Lipinski definition) is 1. The third-order valence-corrected chi connectivity index (χ3v) is 4.20. The summed E-state index contributed by atoms with van der Waals surface area (Å²) < 4.78 is 0. The summed E-state index contributed by atoms with van der Waals surface area (Å²) in [6.45, 7) is 4.74. The van der Waals surface area contributed by atoms with E-state index in [-0.39, 0.29) is 17.4 Å². The van der Waals surface area contributed by atoms with E-state index in [0.717, 1.165) is 6.42 Å². The Morgan fingerprint density at radius 3 is 2.62 bits per heavy atom. The maximum Gasteiger partial charge on any atom is 0.270 e. The zero-order chi connectivity index (χ0) is 15.0. The number of nitrogens with zero attached hydrogens (tertiary/aromatic N) is 2. The van der Waals surface area contributed by atoms with Gasteiger partial charge >= 0.3 is 0 Å². The molecule has 0 unspecified atom stereocenters. The Balaban J connectivity index is 1.88. The first-order chi connectivity index (χ1) is 9.97. The summed E-state index contributed by atoms with van der Waals surface area (Å²) in [6, 6.07) is 8.22. The summed E-state index contributed by atoms with van der Waals surface area (Å²) in [5, 5.41) is 3.93. The van der Waals surface area contributed by atoms with Gasteiger partial charge < -0.3 is 4.90 Å². The number of benzene rings is 1. The second-order valence-corrected chi connectivity index (χ2v) is 6.24. The number of amides is 2. The molecule has 2 aliphatic rings. The Kier molecular flexibility index (Phi) is 3.27. The van der Waals surface area contributed by atoms with Gasteiger partial charge in [0.25, 0.3) is 5.91 Å². The van der Waals surface area contributed by atoms with Crippen LogP contribution in [0.25, 0.3) is 0 Å². The van der Waals surface area contributed by atoms with Crippen LogP contribution in [0.4, 0.5) is 0 Å². The van der Waals surface area contributed by atoms with Gasteiger partial charge in [-0.05, 0) is 31.4 Å². The van der Waals surface area contributed by atoms with Crippen LogP contribution >= 0.6 is 0 Å². The van der Waals surface area contributed by atoms with E-state index in [2.05, 4.69) is 36.5 Å². The predicted octanol–water partition coefficient (Wildman–Crippen LogP) is 1.62. The van der Waals surface area contributed by atoms with E-state index in [1.54, 1.807) is 0 Å². The fraction of sp³-hybridized carbons (Fsp3) is 0.438. The van der Waals surface area contributed by atoms with Crippen LogP contribution in [0, 0.1) is 0 Å². The van der Waals surface area contributed by atoms with Crippen LogP contribution in [0.5, 0.6) is 0 Å². The smallest absolute Gasteiger partial charge is 0.270 e. The number of hydrogen-bond acceptors (Lipinski definition) is 3. The molecule has 1 N–H and O–H groups in total. The van der Waals surface area contributed by atoms with Crippen molar-refractivity contribution in [2.45, 2.75) is 45.2 Å². The minimum absolute atomic E-state index is 0.0745. The Bertz CT molecular complexity index is 634. The summed E-state index contributed by atoms with van der Waals surface area (Å²) in [7, 11) is 0. The summed E-state index contributed by atoms with van der Waals surface area (Å²) in [5.74, 6) is -0.204. The first-order valence-corrected chi connectivity index (χ1v) is 7.21. The van der Waals surface area contributed by atoms with Gasteiger partial charge in [0.15, 0.2) is 0 Å². The Morgan fingerprint density at radius 2 is 1.95 bits per heavy atom. The van der Waals surface area contributed by atoms with Crippen LogP contribution < -0.4 is 5.43 Å². The number of carbonyl (C=O) groups is 2. The number of hydrazone groups is 1. The minimum Gasteiger partial charge on any atom is -0.328 e. The van der Waals surface area contributed by atoms with Crippen LogP contribution in [-0.4, -0.2) is 28.0 Å². The second kappa shape index (κ2) is 4.98. The Morgan fingerprint density at radius 1 is 1.24 bits per heavy atom. The lowest BCUT2D eigenvalue weighted by Crippen LogP contribution is -2.54. The first-order valence-electron chi connectivity index (χ1n) is 7.21. The van der Waals surface area contributed by atoms with Crippen LogP contribution in [0.15, 0.2) is 29.4 Å². The monoisotopic (exact) mass is 285 g/mol. The van der Waals surface area contributed by atoms with Gasteiger partial charge in [0.1, 0.15) is 5.71 Å². The van der Waals surface area contributed by atoms with Gasteiger partial charge in [-0.15, -0.1) is 0 Å². The fourth-order valence-electron chi connectivity index (χ4n) is 2.96. The van der Waals surface area contributed by atoms with Crippen LogP contribution in [-0.2, 0) is 22.6 Å². The zero-order valence-electron chi connectivity index (χ0n) is 12.3. The van der Waals surface area contributed by atoms with Crippen molar-refractivity contribution in [1.29, 1.82) is 0 Å². The van der Waals surface area contributed by atoms with E-state index in [4.69, 9.17) is 0 Å². The largest absolute Gasteiger partial charge is 0.328 e. The van der Waals surface area contributed by atoms with E-state index in [1.807, 2.05) is 17.0 Å². The van der Waals surface area contributed by atoms with Crippen molar-refractivity contribution < 1.29 is 9.59 Å². The lowest BCUT2D eigenvalue weighted by Gasteiger charge is -2.43. The summed E-state index contributed by atoms with van der Waals surface area (Å²) >= 11 is 0. The molecule has 0 spiro atoms. The summed E-state index contributed by atoms with van der Waals surface area (Å²) in [6.07, 6.45) is 1.57. The topological polar surface area (TPSA) is 61.8 Å². The van der Waals surface area contributed by atoms with Crippen LogP contribution in [0.3, 0.4) is 0 Å². The van der Waals surface area contributed by atoms with Crippen molar-refractivity contribution in [2.75, 3.05) is 0 Å². The normalized spacial score (nSPS) is 20.4. The number of rotatable bonds is 1. The highest BCUT2D eigenvalue weighted by atomic mass is 16.2. The van der Waals surface area contributed by atoms with Crippen LogP contribution in [0.2, 0.25) is 0 Å². The molecule has 2 aliphatic heterocycles. The van der Waals surface area contributed by atoms with Crippen LogP contribution in [0.1, 0.15) is 37.8 Å². The van der Waals surface area contributed by atoms with Gasteiger partial charge in [-0.3, -0.25) is 9.59 Å². The molecule has 2 amide bonds. The molecule has 1 aromatic rings. The fourth-order valence-corrected chi connectivity index (χ4v) is 2.96. The summed E-state index contributed by atoms with van der Waals surface area (Å²) in [4.78, 5) is 25.8. The van der Waals surface area contributed by atoms with E-state index in [1.165, 1.54) is 11.1 Å². The van der Waals surface area contributed by atoms with Gasteiger partial charge in [0, 0.05) is 24.9 Å². The Labute approximate surface area is 124 Å². The highest BCUT2D eigenvalue weighted by Crippen LogP contribution is 2.31. The molecule has 3 rings (SSSR count). The molecule has 0 aliphatic carbocycles. The predicted molar refractivity (Wildman–Crippen MR) is 79.6 cm³/mol. The third kappa shape index (κ3) is 2.55. The highest BCUT2D eigenvalue weighted by Gasteiger charge is 2.37. The molecule has 0 saturated heterocycles. The SMILES string of the molecule is CC1(C)Cc2ccccc2CN1C(=O)C1=NNC(=O)CC1. The Hall–Kier alpha value is -2.17. The van der Waals surface area contributed by atoms with Crippen molar-refractivity contribution >= 4 is 17.5 Å². The van der Waals surface area contributed by atoms with E-state index in [0.29, 0.717) is 25.1 Å². The van der Waals surface area contributed by atoms with Gasteiger partial charge in [-0.1, -0.05) is 24.3 Å². The molecule has 0 radical (unpaired) electrons. The number of carbonyl (C=O) groups excluding carboxylic acids is 2. The molecule has 0 fully saturated rings. The van der Waals surface area contributed by atoms with Crippen molar-refractivity contribution in [3.8, 4) is 0 Å². The molecule has 0 saturated carbocycles. The second-order valence-electron chi connectivity index (χ2n) is 6.24. The quantitative estimate of drug-likeness (QED) is 0.852. The molecule has 2 heterocycles. The average Bonchev–Trinajstić information content (AvgIpc) is 2.45. The average molecular weight is 285 g/mol. The van der Waals surface area contributed by atoms with Gasteiger partial charge in [-0.2, -0.15) is 5.10 Å². The standard InChI is InChI=1S/C16H19N3O2/c1-16(2)9-11-5-3-4-6-12(11)10-19(16)15(21)13-7-8-14(20)18-17-13/h3-6H,7-10H2,1-2H3,(H,18,20). The zero-order valence-corrected chi connectivity index (χ0v) is 12.3. The van der Waals surface area contributed by atoms with Crippen molar-refractivity contribution in [1.82, 2.24) is 10.3 Å². The molecule has 21 heavy (non-hydrogen) atoms. The van der Waals surface area contributed by atoms with Gasteiger partial charge in [-0.25, -0.2) is 5.43 Å². The van der Waals surface area contributed by atoms with Gasteiger partial charge in [0.05, 0.1) is 0 Å². The van der Waals surface area contributed by atoms with Gasteiger partial charge in [0.2, 0.25) is 5.91 Å². The number of fused-ring (bicyclic) bond motifs is 1. The molecule has 1 aromatic carbocycles. The van der Waals surface area contributed by atoms with Crippen molar-refractivity contribution in [2.24, 2.45) is 5.10 Å². The van der Waals surface area contributed by atoms with E-state index in [9.17, 15) is 9.59 Å². The molecule has 0 aromatic heterocycles. The minimum atomic E-state index is -0.255. The first kappa shape index (κ1) is 13.8. The maximum absolute atomic E-state index is 12.7. The summed E-state index contributed by atoms with van der Waals surface area (Å²) in [5.41, 5.74) is 5.07. The third-order valence-electron chi connectivity index (χ3n) is 4.20. The van der Waals surface area contributed by atoms with E-state index < -0.39 is 0 Å². The molecule has 110 valence electrons. The molecular weight excluding hydrogens is 266 g/mol. The molecule has 0 bridgehead atoms. The van der Waals surface area contributed by atoms with Crippen molar-refractivity contribution in [3.05, 3.63) is 35.4 Å². The van der Waals surface area contributed by atoms with E-state index >= 15 is 0 Å².